The standard InChI is InChI=1S/C10H12N6O2/c1-7-9(16(17)18)10(15(2)14-7)11-6-8-4-3-5-12-13-8/h3-5,11H,6H2,1-2H3. The van der Waals surface area contributed by atoms with Crippen LogP contribution >= 0.6 is 0 Å². The Kier molecular flexibility index (Phi) is 3.18. The Bertz CT molecular complexity index is 565. The third-order valence-electron chi connectivity index (χ3n) is 2.44. The number of hydrogen-bond donors (Lipinski definition) is 1. The van der Waals surface area contributed by atoms with Crippen molar-refractivity contribution in [3.63, 3.8) is 0 Å². The largest absolute Gasteiger partial charge is 0.359 e. The van der Waals surface area contributed by atoms with Gasteiger partial charge in [0.2, 0.25) is 5.82 Å². The molecule has 2 aromatic heterocycles. The molecule has 0 unspecified atom stereocenters. The first-order valence-electron chi connectivity index (χ1n) is 5.28. The van der Waals surface area contributed by atoms with Gasteiger partial charge in [0.05, 0.1) is 17.2 Å². The fourth-order valence-electron chi connectivity index (χ4n) is 1.67. The Morgan fingerprint density at radius 1 is 1.56 bits per heavy atom. The van der Waals surface area contributed by atoms with Crippen LogP contribution in [0.2, 0.25) is 0 Å². The lowest BCUT2D eigenvalue weighted by Crippen LogP contribution is -2.07. The third kappa shape index (κ3) is 2.26. The molecule has 2 heterocycles. The maximum atomic E-state index is 11.0. The molecule has 0 amide bonds. The number of nitro groups is 1. The molecule has 0 aromatic carbocycles. The number of nitrogens with one attached hydrogen (secondary N) is 1. The molecule has 1 N–H and O–H groups in total. The van der Waals surface area contributed by atoms with Gasteiger partial charge in [0.1, 0.15) is 5.69 Å². The van der Waals surface area contributed by atoms with Crippen LogP contribution in [0.5, 0.6) is 0 Å². The number of nitrogens with zero attached hydrogens (tertiary/aromatic N) is 5. The maximum absolute atomic E-state index is 11.0. The van der Waals surface area contributed by atoms with Crippen molar-refractivity contribution in [2.45, 2.75) is 13.5 Å². The lowest BCUT2D eigenvalue weighted by atomic mass is 10.3. The molecule has 2 aromatic rings. The molecule has 0 bridgehead atoms. The SMILES string of the molecule is Cc1nn(C)c(NCc2cccnn2)c1[N+](=O)[O-]. The third-order valence-corrected chi connectivity index (χ3v) is 2.44. The Morgan fingerprint density at radius 2 is 2.33 bits per heavy atom. The van der Waals surface area contributed by atoms with Gasteiger partial charge in [-0.05, 0) is 19.1 Å². The van der Waals surface area contributed by atoms with Crippen molar-refractivity contribution in [2.24, 2.45) is 7.05 Å². The van der Waals surface area contributed by atoms with Gasteiger partial charge in [-0.1, -0.05) is 0 Å². The second-order valence-corrected chi connectivity index (χ2v) is 3.73. The Labute approximate surface area is 103 Å². The summed E-state index contributed by atoms with van der Waals surface area (Å²) in [6, 6.07) is 3.54. The van der Waals surface area contributed by atoms with Gasteiger partial charge in [-0.25, -0.2) is 4.68 Å². The maximum Gasteiger partial charge on any atom is 0.333 e. The van der Waals surface area contributed by atoms with E-state index >= 15 is 0 Å². The van der Waals surface area contributed by atoms with E-state index in [9.17, 15) is 10.1 Å². The van der Waals surface area contributed by atoms with Crippen molar-refractivity contribution in [1.29, 1.82) is 0 Å². The topological polar surface area (TPSA) is 98.8 Å². The zero-order valence-electron chi connectivity index (χ0n) is 9.99. The van der Waals surface area contributed by atoms with Crippen molar-refractivity contribution in [1.82, 2.24) is 20.0 Å². The van der Waals surface area contributed by atoms with Gasteiger partial charge < -0.3 is 5.32 Å². The second-order valence-electron chi connectivity index (χ2n) is 3.73. The number of rotatable bonds is 4. The quantitative estimate of drug-likeness (QED) is 0.641. The molecular formula is C10H12N6O2. The molecule has 2 rings (SSSR count). The molecule has 8 heteroatoms. The minimum Gasteiger partial charge on any atom is -0.359 e. The highest BCUT2D eigenvalue weighted by Gasteiger charge is 2.23. The van der Waals surface area contributed by atoms with Gasteiger partial charge in [-0.15, -0.1) is 0 Å². The summed E-state index contributed by atoms with van der Waals surface area (Å²) in [7, 11) is 1.65. The van der Waals surface area contributed by atoms with Gasteiger partial charge in [0, 0.05) is 13.2 Å². The van der Waals surface area contributed by atoms with E-state index in [-0.39, 0.29) is 5.69 Å². The summed E-state index contributed by atoms with van der Waals surface area (Å²) in [5, 5.41) is 25.6. The Morgan fingerprint density at radius 3 is 2.94 bits per heavy atom. The van der Waals surface area contributed by atoms with E-state index in [0.29, 0.717) is 23.8 Å². The van der Waals surface area contributed by atoms with Crippen LogP contribution in [-0.2, 0) is 13.6 Å². The van der Waals surface area contributed by atoms with E-state index < -0.39 is 4.92 Å². The smallest absolute Gasteiger partial charge is 0.333 e. The first-order valence-corrected chi connectivity index (χ1v) is 5.28. The molecule has 0 aliphatic heterocycles. The highest BCUT2D eigenvalue weighted by molar-refractivity contribution is 5.59. The van der Waals surface area contributed by atoms with Gasteiger partial charge >= 0.3 is 5.69 Å². The lowest BCUT2D eigenvalue weighted by Gasteiger charge is -2.04. The summed E-state index contributed by atoms with van der Waals surface area (Å²) < 4.78 is 1.45. The summed E-state index contributed by atoms with van der Waals surface area (Å²) in [4.78, 5) is 10.5. The van der Waals surface area contributed by atoms with E-state index in [2.05, 4.69) is 20.6 Å². The van der Waals surface area contributed by atoms with Crippen molar-refractivity contribution in [3.05, 3.63) is 39.8 Å². The molecule has 18 heavy (non-hydrogen) atoms. The molecule has 94 valence electrons. The molecule has 0 aliphatic carbocycles. The van der Waals surface area contributed by atoms with E-state index in [4.69, 9.17) is 0 Å². The fraction of sp³-hybridized carbons (Fsp3) is 0.300. The number of aryl methyl sites for hydroxylation is 2. The van der Waals surface area contributed by atoms with Gasteiger partial charge in [-0.2, -0.15) is 15.3 Å². The Balaban J connectivity index is 2.22. The predicted octanol–water partition coefficient (Wildman–Crippen LogP) is 1.04. The van der Waals surface area contributed by atoms with Crippen LogP contribution in [-0.4, -0.2) is 24.9 Å². The zero-order chi connectivity index (χ0) is 13.1. The molecule has 0 saturated heterocycles. The number of anilines is 1. The molecule has 0 aliphatic rings. The van der Waals surface area contributed by atoms with Gasteiger partial charge in [-0.3, -0.25) is 10.1 Å². The lowest BCUT2D eigenvalue weighted by molar-refractivity contribution is -0.384. The summed E-state index contributed by atoms with van der Waals surface area (Å²) in [6.07, 6.45) is 1.57. The van der Waals surface area contributed by atoms with E-state index in [1.165, 1.54) is 4.68 Å². The van der Waals surface area contributed by atoms with Crippen LogP contribution in [0, 0.1) is 17.0 Å². The van der Waals surface area contributed by atoms with Crippen molar-refractivity contribution in [2.75, 3.05) is 5.32 Å². The van der Waals surface area contributed by atoms with Crippen LogP contribution in [0.25, 0.3) is 0 Å². The molecule has 0 spiro atoms. The highest BCUT2D eigenvalue weighted by atomic mass is 16.6. The second kappa shape index (κ2) is 4.78. The van der Waals surface area contributed by atoms with Crippen LogP contribution in [0.4, 0.5) is 11.5 Å². The molecule has 0 saturated carbocycles. The minimum atomic E-state index is -0.443. The van der Waals surface area contributed by atoms with Crippen LogP contribution in [0.15, 0.2) is 18.3 Å². The highest BCUT2D eigenvalue weighted by Crippen LogP contribution is 2.27. The average Bonchev–Trinajstić information content (AvgIpc) is 2.62. The fourth-order valence-corrected chi connectivity index (χ4v) is 1.67. The molecule has 0 radical (unpaired) electrons. The summed E-state index contributed by atoms with van der Waals surface area (Å²) >= 11 is 0. The summed E-state index contributed by atoms with van der Waals surface area (Å²) in [5.41, 5.74) is 1.07. The van der Waals surface area contributed by atoms with Crippen LogP contribution in [0.3, 0.4) is 0 Å². The normalized spacial score (nSPS) is 10.3. The predicted molar refractivity (Wildman–Crippen MR) is 64.0 cm³/mol. The van der Waals surface area contributed by atoms with E-state index in [0.717, 1.165) is 0 Å². The molecule has 8 nitrogen and oxygen atoms in total. The molecular weight excluding hydrogens is 236 g/mol. The number of hydrogen-bond acceptors (Lipinski definition) is 6. The first-order chi connectivity index (χ1) is 8.59. The van der Waals surface area contributed by atoms with Crippen molar-refractivity contribution < 1.29 is 4.92 Å². The van der Waals surface area contributed by atoms with Gasteiger partial charge in [0.15, 0.2) is 0 Å². The molecule has 0 fully saturated rings. The van der Waals surface area contributed by atoms with E-state index in [1.807, 2.05) is 0 Å². The van der Waals surface area contributed by atoms with Crippen molar-refractivity contribution in [3.8, 4) is 0 Å². The minimum absolute atomic E-state index is 0.0126. The van der Waals surface area contributed by atoms with Crippen molar-refractivity contribution >= 4 is 11.5 Å². The zero-order valence-corrected chi connectivity index (χ0v) is 9.99. The monoisotopic (exact) mass is 248 g/mol. The average molecular weight is 248 g/mol. The first kappa shape index (κ1) is 12.0. The number of aromatic nitrogens is 4. The van der Waals surface area contributed by atoms with Crippen LogP contribution < -0.4 is 5.32 Å². The molecule has 0 atom stereocenters. The van der Waals surface area contributed by atoms with Crippen LogP contribution in [0.1, 0.15) is 11.4 Å². The summed E-state index contributed by atoms with van der Waals surface area (Å²) in [6.45, 7) is 1.96. The Hall–Kier alpha value is -2.51. The van der Waals surface area contributed by atoms with E-state index in [1.54, 1.807) is 32.3 Å². The summed E-state index contributed by atoms with van der Waals surface area (Å²) in [5.74, 6) is 0.364. The van der Waals surface area contributed by atoms with Gasteiger partial charge in [0.25, 0.3) is 0 Å².